The minimum Gasteiger partial charge on any atom is -0.481 e. The fraction of sp³-hybridized carbons (Fsp3) is 0.412. The Kier molecular flexibility index (Phi) is 4.04. The first-order valence-electron chi connectivity index (χ1n) is 7.55. The first kappa shape index (κ1) is 13.9. The van der Waals surface area contributed by atoms with E-state index in [0.717, 1.165) is 48.9 Å². The predicted molar refractivity (Wildman–Crippen MR) is 83.3 cm³/mol. The SMILES string of the molecule is O=C(O)C1CCC(CNc2ccc3ccccc3n2)CC1. The number of hydrogen-bond acceptors (Lipinski definition) is 3. The molecule has 0 bridgehead atoms. The highest BCUT2D eigenvalue weighted by Crippen LogP contribution is 2.29. The molecule has 1 aliphatic rings. The smallest absolute Gasteiger partial charge is 0.306 e. The molecule has 4 heteroatoms. The molecule has 2 N–H and O–H groups in total. The lowest BCUT2D eigenvalue weighted by Gasteiger charge is -2.26. The predicted octanol–water partition coefficient (Wildman–Crippen LogP) is 3.54. The summed E-state index contributed by atoms with van der Waals surface area (Å²) in [6.07, 6.45) is 3.56. The fourth-order valence-electron chi connectivity index (χ4n) is 3.03. The van der Waals surface area contributed by atoms with E-state index in [2.05, 4.69) is 22.4 Å². The molecule has 1 heterocycles. The van der Waals surface area contributed by atoms with Crippen molar-refractivity contribution in [3.63, 3.8) is 0 Å². The lowest BCUT2D eigenvalue weighted by molar-refractivity contribution is -0.143. The van der Waals surface area contributed by atoms with Crippen LogP contribution in [0.25, 0.3) is 10.9 Å². The second kappa shape index (κ2) is 6.12. The Morgan fingerprint density at radius 1 is 1.14 bits per heavy atom. The number of aromatic nitrogens is 1. The van der Waals surface area contributed by atoms with E-state index in [1.807, 2.05) is 24.3 Å². The van der Waals surface area contributed by atoms with Gasteiger partial charge in [0.25, 0.3) is 0 Å². The third kappa shape index (κ3) is 3.32. The highest BCUT2D eigenvalue weighted by Gasteiger charge is 2.25. The molecular weight excluding hydrogens is 264 g/mol. The third-order valence-electron chi connectivity index (χ3n) is 4.37. The van der Waals surface area contributed by atoms with Crippen LogP contribution in [0.1, 0.15) is 25.7 Å². The van der Waals surface area contributed by atoms with Crippen molar-refractivity contribution < 1.29 is 9.90 Å². The normalized spacial score (nSPS) is 22.1. The van der Waals surface area contributed by atoms with E-state index in [0.29, 0.717) is 5.92 Å². The number of nitrogens with zero attached hydrogens (tertiary/aromatic N) is 1. The lowest BCUT2D eigenvalue weighted by Crippen LogP contribution is -2.25. The van der Waals surface area contributed by atoms with Crippen molar-refractivity contribution in [1.29, 1.82) is 0 Å². The Labute approximate surface area is 124 Å². The second-order valence-electron chi connectivity index (χ2n) is 5.83. The van der Waals surface area contributed by atoms with Crippen LogP contribution in [0.3, 0.4) is 0 Å². The quantitative estimate of drug-likeness (QED) is 0.901. The van der Waals surface area contributed by atoms with Crippen LogP contribution in [0.5, 0.6) is 0 Å². The Hall–Kier alpha value is -2.10. The minimum absolute atomic E-state index is 0.139. The van der Waals surface area contributed by atoms with Gasteiger partial charge in [-0.2, -0.15) is 0 Å². The molecular formula is C17H20N2O2. The summed E-state index contributed by atoms with van der Waals surface area (Å²) < 4.78 is 0. The van der Waals surface area contributed by atoms with Crippen LogP contribution in [-0.2, 0) is 4.79 Å². The molecule has 0 atom stereocenters. The van der Waals surface area contributed by atoms with Gasteiger partial charge in [-0.05, 0) is 49.8 Å². The van der Waals surface area contributed by atoms with E-state index in [1.165, 1.54) is 0 Å². The standard InChI is InChI=1S/C17H20N2O2/c20-17(21)14-7-5-12(6-8-14)11-18-16-10-9-13-3-1-2-4-15(13)19-16/h1-4,9-10,12,14H,5-8,11H2,(H,18,19)(H,20,21). The van der Waals surface area contributed by atoms with E-state index in [-0.39, 0.29) is 5.92 Å². The summed E-state index contributed by atoms with van der Waals surface area (Å²) in [6.45, 7) is 0.873. The molecule has 4 nitrogen and oxygen atoms in total. The van der Waals surface area contributed by atoms with Crippen LogP contribution in [0, 0.1) is 11.8 Å². The maximum atomic E-state index is 10.9. The molecule has 1 saturated carbocycles. The Morgan fingerprint density at radius 2 is 1.90 bits per heavy atom. The van der Waals surface area contributed by atoms with E-state index >= 15 is 0 Å². The number of rotatable bonds is 4. The molecule has 21 heavy (non-hydrogen) atoms. The molecule has 3 rings (SSSR count). The number of carbonyl (C=O) groups is 1. The lowest BCUT2D eigenvalue weighted by atomic mass is 9.82. The van der Waals surface area contributed by atoms with Gasteiger partial charge in [-0.25, -0.2) is 4.98 Å². The number of nitrogens with one attached hydrogen (secondary N) is 1. The number of aliphatic carboxylic acids is 1. The molecule has 1 aliphatic carbocycles. The Bertz CT molecular complexity index is 633. The summed E-state index contributed by atoms with van der Waals surface area (Å²) in [5.74, 6) is 0.667. The monoisotopic (exact) mass is 284 g/mol. The number of para-hydroxylation sites is 1. The summed E-state index contributed by atoms with van der Waals surface area (Å²) in [5.41, 5.74) is 0.997. The maximum Gasteiger partial charge on any atom is 0.306 e. The second-order valence-corrected chi connectivity index (χ2v) is 5.83. The topological polar surface area (TPSA) is 62.2 Å². The number of pyridine rings is 1. The van der Waals surface area contributed by atoms with Gasteiger partial charge in [0.1, 0.15) is 5.82 Å². The van der Waals surface area contributed by atoms with Gasteiger partial charge < -0.3 is 10.4 Å². The van der Waals surface area contributed by atoms with E-state index < -0.39 is 5.97 Å². The zero-order valence-electron chi connectivity index (χ0n) is 12.0. The summed E-state index contributed by atoms with van der Waals surface area (Å²) in [7, 11) is 0. The number of anilines is 1. The van der Waals surface area contributed by atoms with Gasteiger partial charge in [0.2, 0.25) is 0 Å². The highest BCUT2D eigenvalue weighted by molar-refractivity contribution is 5.80. The van der Waals surface area contributed by atoms with Crippen molar-refractivity contribution in [1.82, 2.24) is 4.98 Å². The first-order chi connectivity index (χ1) is 10.2. The van der Waals surface area contributed by atoms with Crippen LogP contribution >= 0.6 is 0 Å². The number of benzene rings is 1. The summed E-state index contributed by atoms with van der Waals surface area (Å²) in [4.78, 5) is 15.5. The van der Waals surface area contributed by atoms with Crippen LogP contribution < -0.4 is 5.32 Å². The van der Waals surface area contributed by atoms with Crippen LogP contribution in [-0.4, -0.2) is 22.6 Å². The first-order valence-corrected chi connectivity index (χ1v) is 7.55. The van der Waals surface area contributed by atoms with Crippen LogP contribution in [0.4, 0.5) is 5.82 Å². The highest BCUT2D eigenvalue weighted by atomic mass is 16.4. The van der Waals surface area contributed by atoms with Gasteiger partial charge in [-0.15, -0.1) is 0 Å². The van der Waals surface area contributed by atoms with E-state index in [1.54, 1.807) is 0 Å². The molecule has 0 amide bonds. The van der Waals surface area contributed by atoms with Crippen molar-refractivity contribution in [3.05, 3.63) is 36.4 Å². The summed E-state index contributed by atoms with van der Waals surface area (Å²) in [5, 5.41) is 13.5. The summed E-state index contributed by atoms with van der Waals surface area (Å²) >= 11 is 0. The fourth-order valence-corrected chi connectivity index (χ4v) is 3.03. The van der Waals surface area contributed by atoms with Crippen molar-refractivity contribution in [3.8, 4) is 0 Å². The molecule has 110 valence electrons. The molecule has 1 aromatic carbocycles. The van der Waals surface area contributed by atoms with Gasteiger partial charge in [0.05, 0.1) is 11.4 Å². The average molecular weight is 284 g/mol. The van der Waals surface area contributed by atoms with Gasteiger partial charge in [-0.3, -0.25) is 4.79 Å². The number of fused-ring (bicyclic) bond motifs is 1. The van der Waals surface area contributed by atoms with E-state index in [4.69, 9.17) is 5.11 Å². The Morgan fingerprint density at radius 3 is 2.67 bits per heavy atom. The number of carboxylic acid groups (broad SMARTS) is 1. The van der Waals surface area contributed by atoms with Crippen molar-refractivity contribution in [2.45, 2.75) is 25.7 Å². The zero-order chi connectivity index (χ0) is 14.7. The van der Waals surface area contributed by atoms with Crippen molar-refractivity contribution in [2.24, 2.45) is 11.8 Å². The molecule has 0 radical (unpaired) electrons. The molecule has 1 fully saturated rings. The van der Waals surface area contributed by atoms with Crippen molar-refractivity contribution >= 4 is 22.7 Å². The van der Waals surface area contributed by atoms with Crippen LogP contribution in [0.2, 0.25) is 0 Å². The van der Waals surface area contributed by atoms with Crippen molar-refractivity contribution in [2.75, 3.05) is 11.9 Å². The largest absolute Gasteiger partial charge is 0.481 e. The minimum atomic E-state index is -0.641. The van der Waals surface area contributed by atoms with Gasteiger partial charge in [0.15, 0.2) is 0 Å². The number of carboxylic acids is 1. The maximum absolute atomic E-state index is 10.9. The Balaban J connectivity index is 1.56. The summed E-state index contributed by atoms with van der Waals surface area (Å²) in [6, 6.07) is 12.2. The third-order valence-corrected chi connectivity index (χ3v) is 4.37. The number of hydrogen-bond donors (Lipinski definition) is 2. The molecule has 0 aliphatic heterocycles. The molecule has 0 saturated heterocycles. The molecule has 2 aromatic rings. The van der Waals surface area contributed by atoms with Gasteiger partial charge in [-0.1, -0.05) is 18.2 Å². The molecule has 0 spiro atoms. The molecule has 0 unspecified atom stereocenters. The average Bonchev–Trinajstić information content (AvgIpc) is 2.53. The van der Waals surface area contributed by atoms with E-state index in [9.17, 15) is 4.79 Å². The van der Waals surface area contributed by atoms with Gasteiger partial charge in [0, 0.05) is 11.9 Å². The zero-order valence-corrected chi connectivity index (χ0v) is 12.0. The van der Waals surface area contributed by atoms with Crippen LogP contribution in [0.15, 0.2) is 36.4 Å². The van der Waals surface area contributed by atoms with Gasteiger partial charge >= 0.3 is 5.97 Å². The molecule has 1 aromatic heterocycles.